The van der Waals surface area contributed by atoms with E-state index in [9.17, 15) is 8.42 Å². The monoisotopic (exact) mass is 321 g/mol. The highest BCUT2D eigenvalue weighted by Gasteiger charge is 2.17. The molecule has 1 aromatic carbocycles. The highest BCUT2D eigenvalue weighted by molar-refractivity contribution is 9.10. The van der Waals surface area contributed by atoms with Crippen LogP contribution < -0.4 is 4.72 Å². The van der Waals surface area contributed by atoms with Crippen molar-refractivity contribution in [2.75, 3.05) is 13.2 Å². The van der Waals surface area contributed by atoms with Gasteiger partial charge in [0, 0.05) is 17.1 Å². The fraction of sp³-hybridized carbons (Fsp3) is 0.455. The van der Waals surface area contributed by atoms with E-state index in [1.54, 1.807) is 31.2 Å². The number of hydrogen-bond donors (Lipinski definition) is 1. The zero-order valence-electron chi connectivity index (χ0n) is 9.81. The summed E-state index contributed by atoms with van der Waals surface area (Å²) in [6.45, 7) is 4.58. The number of nitrogens with one attached hydrogen (secondary N) is 1. The summed E-state index contributed by atoms with van der Waals surface area (Å²) in [7, 11) is -3.47. The molecular formula is C11H16BrNO3S. The Hall–Kier alpha value is -0.430. The summed E-state index contributed by atoms with van der Waals surface area (Å²) < 4.78 is 32.4. The predicted octanol–water partition coefficient (Wildman–Crippen LogP) is 2.15. The SMILES string of the molecule is CCOCC(C)NS(=O)(=O)c1cccc(Br)c1. The van der Waals surface area contributed by atoms with Gasteiger partial charge in [0.2, 0.25) is 10.0 Å². The van der Waals surface area contributed by atoms with E-state index in [0.717, 1.165) is 4.47 Å². The van der Waals surface area contributed by atoms with Gasteiger partial charge in [0.05, 0.1) is 11.5 Å². The van der Waals surface area contributed by atoms with E-state index in [0.29, 0.717) is 13.2 Å². The fourth-order valence-corrected chi connectivity index (χ4v) is 3.12. The van der Waals surface area contributed by atoms with Gasteiger partial charge in [0.15, 0.2) is 0 Å². The first-order valence-corrected chi connectivity index (χ1v) is 7.59. The van der Waals surface area contributed by atoms with E-state index in [2.05, 4.69) is 20.7 Å². The van der Waals surface area contributed by atoms with Gasteiger partial charge >= 0.3 is 0 Å². The van der Waals surface area contributed by atoms with Crippen LogP contribution in [0.1, 0.15) is 13.8 Å². The summed E-state index contributed by atoms with van der Waals surface area (Å²) in [4.78, 5) is 0.246. The van der Waals surface area contributed by atoms with Crippen LogP contribution in [-0.2, 0) is 14.8 Å². The second-order valence-electron chi connectivity index (χ2n) is 3.64. The Morgan fingerprint density at radius 2 is 2.18 bits per heavy atom. The second-order valence-corrected chi connectivity index (χ2v) is 6.27. The molecule has 0 aromatic heterocycles. The molecule has 0 heterocycles. The van der Waals surface area contributed by atoms with Gasteiger partial charge in [-0.25, -0.2) is 13.1 Å². The molecule has 17 heavy (non-hydrogen) atoms. The topological polar surface area (TPSA) is 55.4 Å². The molecular weight excluding hydrogens is 306 g/mol. The van der Waals surface area contributed by atoms with Crippen LogP contribution in [0.5, 0.6) is 0 Å². The van der Waals surface area contributed by atoms with Crippen LogP contribution in [0.2, 0.25) is 0 Å². The van der Waals surface area contributed by atoms with Gasteiger partial charge in [-0.05, 0) is 32.0 Å². The maximum Gasteiger partial charge on any atom is 0.240 e. The number of benzene rings is 1. The van der Waals surface area contributed by atoms with E-state index >= 15 is 0 Å². The van der Waals surface area contributed by atoms with Crippen LogP contribution in [0.25, 0.3) is 0 Å². The Balaban J connectivity index is 2.75. The molecule has 0 amide bonds. The average Bonchev–Trinajstić information content (AvgIpc) is 2.26. The lowest BCUT2D eigenvalue weighted by molar-refractivity contribution is 0.133. The van der Waals surface area contributed by atoms with Crippen LogP contribution in [-0.4, -0.2) is 27.7 Å². The Morgan fingerprint density at radius 3 is 2.76 bits per heavy atom. The average molecular weight is 322 g/mol. The molecule has 1 N–H and O–H groups in total. The molecule has 6 heteroatoms. The number of halogens is 1. The van der Waals surface area contributed by atoms with E-state index in [1.807, 2.05) is 6.92 Å². The van der Waals surface area contributed by atoms with Crippen molar-refractivity contribution < 1.29 is 13.2 Å². The minimum Gasteiger partial charge on any atom is -0.380 e. The lowest BCUT2D eigenvalue weighted by Gasteiger charge is -2.14. The summed E-state index contributed by atoms with van der Waals surface area (Å²) in [6.07, 6.45) is 0. The minimum atomic E-state index is -3.47. The summed E-state index contributed by atoms with van der Waals surface area (Å²) in [5, 5.41) is 0. The third kappa shape index (κ3) is 4.75. The first kappa shape index (κ1) is 14.6. The zero-order chi connectivity index (χ0) is 12.9. The quantitative estimate of drug-likeness (QED) is 0.873. The van der Waals surface area contributed by atoms with Crippen LogP contribution in [0.15, 0.2) is 33.6 Å². The van der Waals surface area contributed by atoms with E-state index in [1.165, 1.54) is 0 Å². The van der Waals surface area contributed by atoms with Crippen LogP contribution in [0.4, 0.5) is 0 Å². The zero-order valence-corrected chi connectivity index (χ0v) is 12.2. The molecule has 0 saturated carbocycles. The molecule has 0 saturated heterocycles. The number of sulfonamides is 1. The van der Waals surface area contributed by atoms with Crippen LogP contribution in [0, 0.1) is 0 Å². The Bertz CT molecular complexity index is 462. The Labute approximate surface area is 111 Å². The third-order valence-corrected chi connectivity index (χ3v) is 4.12. The molecule has 1 aromatic rings. The van der Waals surface area contributed by atoms with E-state index in [4.69, 9.17) is 4.74 Å². The standard InChI is InChI=1S/C11H16BrNO3S/c1-3-16-8-9(2)13-17(14,15)11-6-4-5-10(12)7-11/h4-7,9,13H,3,8H2,1-2H3. The molecule has 0 fully saturated rings. The van der Waals surface area contributed by atoms with Crippen molar-refractivity contribution in [2.45, 2.75) is 24.8 Å². The summed E-state index contributed by atoms with van der Waals surface area (Å²) in [5.74, 6) is 0. The first-order chi connectivity index (χ1) is 7.95. The van der Waals surface area contributed by atoms with E-state index in [-0.39, 0.29) is 10.9 Å². The highest BCUT2D eigenvalue weighted by atomic mass is 79.9. The minimum absolute atomic E-state index is 0.246. The largest absolute Gasteiger partial charge is 0.380 e. The van der Waals surface area contributed by atoms with Crippen molar-refractivity contribution in [2.24, 2.45) is 0 Å². The van der Waals surface area contributed by atoms with Crippen molar-refractivity contribution >= 4 is 26.0 Å². The van der Waals surface area contributed by atoms with Gasteiger partial charge in [-0.1, -0.05) is 22.0 Å². The van der Waals surface area contributed by atoms with Gasteiger partial charge in [-0.3, -0.25) is 0 Å². The second kappa shape index (κ2) is 6.49. The summed E-state index contributed by atoms with van der Waals surface area (Å²) in [6, 6.07) is 6.34. The summed E-state index contributed by atoms with van der Waals surface area (Å²) in [5.41, 5.74) is 0. The van der Waals surface area contributed by atoms with E-state index < -0.39 is 10.0 Å². The normalized spacial score (nSPS) is 13.6. The highest BCUT2D eigenvalue weighted by Crippen LogP contribution is 2.16. The van der Waals surface area contributed by atoms with Crippen molar-refractivity contribution in [1.29, 1.82) is 0 Å². The van der Waals surface area contributed by atoms with Gasteiger partial charge in [0.25, 0.3) is 0 Å². The van der Waals surface area contributed by atoms with Crippen LogP contribution in [0.3, 0.4) is 0 Å². The molecule has 1 rings (SSSR count). The molecule has 0 aliphatic heterocycles. The van der Waals surface area contributed by atoms with Gasteiger partial charge in [0.1, 0.15) is 0 Å². The Kier molecular flexibility index (Phi) is 5.58. The molecule has 0 radical (unpaired) electrons. The van der Waals surface area contributed by atoms with Crippen molar-refractivity contribution in [3.8, 4) is 0 Å². The molecule has 1 unspecified atom stereocenters. The number of hydrogen-bond acceptors (Lipinski definition) is 3. The summed E-state index contributed by atoms with van der Waals surface area (Å²) >= 11 is 3.25. The number of ether oxygens (including phenoxy) is 1. The fourth-order valence-electron chi connectivity index (χ4n) is 1.30. The van der Waals surface area contributed by atoms with Crippen molar-refractivity contribution in [1.82, 2.24) is 4.72 Å². The smallest absolute Gasteiger partial charge is 0.240 e. The molecule has 0 aliphatic carbocycles. The molecule has 1 atom stereocenters. The molecule has 0 bridgehead atoms. The van der Waals surface area contributed by atoms with Gasteiger partial charge in [-0.2, -0.15) is 0 Å². The molecule has 0 aliphatic rings. The van der Waals surface area contributed by atoms with Crippen molar-refractivity contribution in [3.63, 3.8) is 0 Å². The van der Waals surface area contributed by atoms with Gasteiger partial charge < -0.3 is 4.74 Å². The molecule has 96 valence electrons. The molecule has 4 nitrogen and oxygen atoms in total. The van der Waals surface area contributed by atoms with Crippen LogP contribution >= 0.6 is 15.9 Å². The first-order valence-electron chi connectivity index (χ1n) is 5.31. The maximum absolute atomic E-state index is 12.0. The lowest BCUT2D eigenvalue weighted by Crippen LogP contribution is -2.35. The number of rotatable bonds is 6. The predicted molar refractivity (Wildman–Crippen MR) is 70.4 cm³/mol. The van der Waals surface area contributed by atoms with Crippen molar-refractivity contribution in [3.05, 3.63) is 28.7 Å². The third-order valence-electron chi connectivity index (χ3n) is 2.03. The maximum atomic E-state index is 12.0. The molecule has 0 spiro atoms. The van der Waals surface area contributed by atoms with Gasteiger partial charge in [-0.15, -0.1) is 0 Å². The Morgan fingerprint density at radius 1 is 1.47 bits per heavy atom. The lowest BCUT2D eigenvalue weighted by atomic mass is 10.4.